The highest BCUT2D eigenvalue weighted by Gasteiger charge is 2.27. The number of fused-ring (bicyclic) bond motifs is 1. The molecule has 0 radical (unpaired) electrons. The minimum atomic E-state index is -0.493. The van der Waals surface area contributed by atoms with Gasteiger partial charge in [-0.2, -0.15) is 0 Å². The van der Waals surface area contributed by atoms with Crippen LogP contribution in [0.3, 0.4) is 0 Å². The number of carbonyl (C=O) groups is 1. The van der Waals surface area contributed by atoms with Crippen LogP contribution in [0.2, 0.25) is 0 Å². The molecule has 0 saturated heterocycles. The van der Waals surface area contributed by atoms with Crippen molar-refractivity contribution in [1.82, 2.24) is 0 Å². The Balaban J connectivity index is 2.50. The minimum absolute atomic E-state index is 0.134. The van der Waals surface area contributed by atoms with Crippen LogP contribution in [-0.2, 0) is 4.79 Å². The van der Waals surface area contributed by atoms with Gasteiger partial charge in [-0.3, -0.25) is 4.79 Å². The molecule has 1 aromatic rings. The number of amides is 1. The molecule has 0 aliphatic carbocycles. The van der Waals surface area contributed by atoms with E-state index in [1.54, 1.807) is 6.07 Å². The van der Waals surface area contributed by atoms with E-state index in [9.17, 15) is 9.18 Å². The van der Waals surface area contributed by atoms with Crippen LogP contribution in [0.4, 0.5) is 15.8 Å². The zero-order valence-electron chi connectivity index (χ0n) is 10.1. The number of benzene rings is 1. The fourth-order valence-electron chi connectivity index (χ4n) is 1.92. The molecule has 0 atom stereocenters. The largest absolute Gasteiger partial charge is 0.494 e. The standard InChI is InChI=1S/C12H15FN2O2/c1-12(2)6-11(16)14-8-4-7(13)10(17-3)5-9(8)15-12/h4-5,15H,6H2,1-3H3,(H,14,16). The second kappa shape index (κ2) is 3.91. The molecule has 0 bridgehead atoms. The maximum absolute atomic E-state index is 13.5. The van der Waals surface area contributed by atoms with Gasteiger partial charge in [0.15, 0.2) is 11.6 Å². The van der Waals surface area contributed by atoms with E-state index < -0.39 is 5.82 Å². The highest BCUT2D eigenvalue weighted by molar-refractivity contribution is 5.97. The van der Waals surface area contributed by atoms with Gasteiger partial charge in [-0.25, -0.2) is 4.39 Å². The molecule has 4 nitrogen and oxygen atoms in total. The third-order valence-electron chi connectivity index (χ3n) is 2.64. The normalized spacial score (nSPS) is 17.5. The van der Waals surface area contributed by atoms with Crippen LogP contribution in [-0.4, -0.2) is 18.6 Å². The van der Waals surface area contributed by atoms with E-state index in [-0.39, 0.29) is 17.2 Å². The summed E-state index contributed by atoms with van der Waals surface area (Å²) < 4.78 is 18.4. The van der Waals surface area contributed by atoms with Gasteiger partial charge in [0, 0.05) is 24.1 Å². The van der Waals surface area contributed by atoms with Gasteiger partial charge in [0.2, 0.25) is 5.91 Å². The van der Waals surface area contributed by atoms with Gasteiger partial charge >= 0.3 is 0 Å². The number of ether oxygens (including phenoxy) is 1. The third-order valence-corrected chi connectivity index (χ3v) is 2.64. The smallest absolute Gasteiger partial charge is 0.226 e. The van der Waals surface area contributed by atoms with Gasteiger partial charge in [0.1, 0.15) is 0 Å². The van der Waals surface area contributed by atoms with Crippen LogP contribution in [0.5, 0.6) is 5.75 Å². The van der Waals surface area contributed by atoms with Crippen molar-refractivity contribution in [2.75, 3.05) is 17.7 Å². The van der Waals surface area contributed by atoms with Crippen molar-refractivity contribution >= 4 is 17.3 Å². The van der Waals surface area contributed by atoms with Crippen molar-refractivity contribution < 1.29 is 13.9 Å². The van der Waals surface area contributed by atoms with Crippen LogP contribution in [0, 0.1) is 5.82 Å². The highest BCUT2D eigenvalue weighted by atomic mass is 19.1. The first-order valence-electron chi connectivity index (χ1n) is 5.37. The Hall–Kier alpha value is -1.78. The molecule has 0 aromatic heterocycles. The highest BCUT2D eigenvalue weighted by Crippen LogP contribution is 2.34. The number of hydrogen-bond donors (Lipinski definition) is 2. The molecule has 0 spiro atoms. The van der Waals surface area contributed by atoms with Gasteiger partial charge < -0.3 is 15.4 Å². The van der Waals surface area contributed by atoms with E-state index in [1.807, 2.05) is 13.8 Å². The van der Waals surface area contributed by atoms with Crippen molar-refractivity contribution in [2.45, 2.75) is 25.8 Å². The first kappa shape index (κ1) is 11.7. The second-order valence-corrected chi connectivity index (χ2v) is 4.77. The van der Waals surface area contributed by atoms with Crippen molar-refractivity contribution in [3.63, 3.8) is 0 Å². The molecule has 1 aliphatic heterocycles. The van der Waals surface area contributed by atoms with E-state index in [0.717, 1.165) is 0 Å². The molecule has 0 saturated carbocycles. The molecular formula is C12H15FN2O2. The Morgan fingerprint density at radius 2 is 2.06 bits per heavy atom. The van der Waals surface area contributed by atoms with Crippen LogP contribution in [0.15, 0.2) is 12.1 Å². The number of carbonyl (C=O) groups excluding carboxylic acids is 1. The van der Waals surface area contributed by atoms with E-state index in [2.05, 4.69) is 10.6 Å². The summed E-state index contributed by atoms with van der Waals surface area (Å²) in [5.74, 6) is -0.470. The first-order valence-corrected chi connectivity index (χ1v) is 5.37. The maximum atomic E-state index is 13.5. The average Bonchev–Trinajstić information content (AvgIpc) is 2.30. The second-order valence-electron chi connectivity index (χ2n) is 4.77. The molecule has 2 rings (SSSR count). The summed E-state index contributed by atoms with van der Waals surface area (Å²) in [6, 6.07) is 2.82. The Morgan fingerprint density at radius 1 is 1.35 bits per heavy atom. The Bertz CT molecular complexity index is 472. The van der Waals surface area contributed by atoms with Gasteiger partial charge in [-0.15, -0.1) is 0 Å². The van der Waals surface area contributed by atoms with Crippen LogP contribution < -0.4 is 15.4 Å². The van der Waals surface area contributed by atoms with Gasteiger partial charge in [0.05, 0.1) is 18.5 Å². The van der Waals surface area contributed by atoms with Crippen molar-refractivity contribution in [3.8, 4) is 5.75 Å². The summed E-state index contributed by atoms with van der Waals surface area (Å²) in [6.07, 6.45) is 0.325. The molecule has 0 fully saturated rings. The number of anilines is 2. The SMILES string of the molecule is COc1cc2c(cc1F)NC(=O)CC(C)(C)N2. The molecule has 2 N–H and O–H groups in total. The number of halogens is 1. The monoisotopic (exact) mass is 238 g/mol. The number of methoxy groups -OCH3 is 1. The Morgan fingerprint density at radius 3 is 2.71 bits per heavy atom. The molecule has 5 heteroatoms. The maximum Gasteiger partial charge on any atom is 0.226 e. The Labute approximate surface area is 99.2 Å². The first-order chi connectivity index (χ1) is 7.91. The average molecular weight is 238 g/mol. The third kappa shape index (κ3) is 2.33. The number of nitrogens with one attached hydrogen (secondary N) is 2. The lowest BCUT2D eigenvalue weighted by atomic mass is 10.0. The lowest BCUT2D eigenvalue weighted by molar-refractivity contribution is -0.116. The summed E-state index contributed by atoms with van der Waals surface area (Å²) in [5, 5.41) is 5.87. The van der Waals surface area contributed by atoms with E-state index in [4.69, 9.17) is 4.74 Å². The summed E-state index contributed by atoms with van der Waals surface area (Å²) in [5.41, 5.74) is 0.732. The number of rotatable bonds is 1. The van der Waals surface area contributed by atoms with Gasteiger partial charge in [-0.05, 0) is 13.8 Å². The van der Waals surface area contributed by atoms with Crippen molar-refractivity contribution in [3.05, 3.63) is 17.9 Å². The predicted molar refractivity (Wildman–Crippen MR) is 63.9 cm³/mol. The van der Waals surface area contributed by atoms with E-state index >= 15 is 0 Å². The Kier molecular flexibility index (Phi) is 2.69. The molecule has 0 unspecified atom stereocenters. The quantitative estimate of drug-likeness (QED) is 0.789. The minimum Gasteiger partial charge on any atom is -0.494 e. The molecule has 92 valence electrons. The molecular weight excluding hydrogens is 223 g/mol. The molecule has 17 heavy (non-hydrogen) atoms. The summed E-state index contributed by atoms with van der Waals surface area (Å²) >= 11 is 0. The topological polar surface area (TPSA) is 50.4 Å². The molecule has 1 amide bonds. The lowest BCUT2D eigenvalue weighted by Gasteiger charge is -2.24. The molecule has 1 heterocycles. The number of hydrogen-bond acceptors (Lipinski definition) is 3. The van der Waals surface area contributed by atoms with Gasteiger partial charge in [-0.1, -0.05) is 0 Å². The van der Waals surface area contributed by atoms with Crippen LogP contribution in [0.25, 0.3) is 0 Å². The summed E-state index contributed by atoms with van der Waals surface area (Å²) in [7, 11) is 1.41. The fourth-order valence-corrected chi connectivity index (χ4v) is 1.92. The fraction of sp³-hybridized carbons (Fsp3) is 0.417. The zero-order chi connectivity index (χ0) is 12.6. The molecule has 1 aliphatic rings. The van der Waals surface area contributed by atoms with Crippen LogP contribution >= 0.6 is 0 Å². The van der Waals surface area contributed by atoms with Crippen molar-refractivity contribution in [1.29, 1.82) is 0 Å². The summed E-state index contributed by atoms with van der Waals surface area (Å²) in [4.78, 5) is 11.6. The lowest BCUT2D eigenvalue weighted by Crippen LogP contribution is -2.32. The van der Waals surface area contributed by atoms with E-state index in [0.29, 0.717) is 17.8 Å². The predicted octanol–water partition coefficient (Wildman–Crippen LogP) is 2.37. The molecule has 1 aromatic carbocycles. The van der Waals surface area contributed by atoms with Crippen molar-refractivity contribution in [2.24, 2.45) is 0 Å². The summed E-state index contributed by atoms with van der Waals surface area (Å²) in [6.45, 7) is 3.83. The van der Waals surface area contributed by atoms with Gasteiger partial charge in [0.25, 0.3) is 0 Å². The van der Waals surface area contributed by atoms with E-state index in [1.165, 1.54) is 13.2 Å². The van der Waals surface area contributed by atoms with Crippen LogP contribution in [0.1, 0.15) is 20.3 Å². The zero-order valence-corrected chi connectivity index (χ0v) is 10.1.